The molecule has 0 bridgehead atoms. The van der Waals surface area contributed by atoms with Crippen molar-refractivity contribution in [2.24, 2.45) is 0 Å². The Labute approximate surface area is 123 Å². The van der Waals surface area contributed by atoms with Gasteiger partial charge in [0.1, 0.15) is 0 Å². The van der Waals surface area contributed by atoms with Gasteiger partial charge in [-0.3, -0.25) is 4.79 Å². The summed E-state index contributed by atoms with van der Waals surface area (Å²) in [6.45, 7) is 0.761. The summed E-state index contributed by atoms with van der Waals surface area (Å²) < 4.78 is 5.16. The molecule has 1 saturated heterocycles. The molecule has 0 aromatic heterocycles. The number of ether oxygens (including phenoxy) is 1. The Morgan fingerprint density at radius 2 is 1.90 bits per heavy atom. The highest BCUT2D eigenvalue weighted by Crippen LogP contribution is 2.36. The number of carboxylic acid groups (broad SMARTS) is 1. The summed E-state index contributed by atoms with van der Waals surface area (Å²) in [6, 6.07) is 6.72. The molecule has 1 heterocycles. The first-order valence-electron chi connectivity index (χ1n) is 7.38. The Morgan fingerprint density at radius 1 is 1.19 bits per heavy atom. The monoisotopic (exact) mass is 289 g/mol. The molecule has 1 saturated carbocycles. The van der Waals surface area contributed by atoms with Gasteiger partial charge in [0.05, 0.1) is 13.2 Å². The number of aliphatic carboxylic acids is 1. The SMILES string of the molecule is O=C(O)[C@@H]1COCCN1C(=O)c1ccc(C2CCC2)cc1. The van der Waals surface area contributed by atoms with E-state index in [2.05, 4.69) is 0 Å². The zero-order chi connectivity index (χ0) is 14.8. The predicted molar refractivity (Wildman–Crippen MR) is 76.3 cm³/mol. The van der Waals surface area contributed by atoms with Gasteiger partial charge in [-0.15, -0.1) is 0 Å². The van der Waals surface area contributed by atoms with E-state index in [0.29, 0.717) is 24.6 Å². The molecule has 0 unspecified atom stereocenters. The fraction of sp³-hybridized carbons (Fsp3) is 0.500. The summed E-state index contributed by atoms with van der Waals surface area (Å²) in [5.41, 5.74) is 1.82. The number of carbonyl (C=O) groups is 2. The highest BCUT2D eigenvalue weighted by atomic mass is 16.5. The topological polar surface area (TPSA) is 66.8 Å². The van der Waals surface area contributed by atoms with E-state index in [1.54, 1.807) is 0 Å². The van der Waals surface area contributed by atoms with Crippen LogP contribution in [0.1, 0.15) is 41.1 Å². The lowest BCUT2D eigenvalue weighted by atomic mass is 9.80. The molecule has 1 amide bonds. The minimum absolute atomic E-state index is 0.0568. The van der Waals surface area contributed by atoms with Gasteiger partial charge in [-0.2, -0.15) is 0 Å². The van der Waals surface area contributed by atoms with Gasteiger partial charge in [0, 0.05) is 12.1 Å². The molecule has 2 aliphatic rings. The smallest absolute Gasteiger partial charge is 0.328 e. The van der Waals surface area contributed by atoms with E-state index in [1.807, 2.05) is 24.3 Å². The molecule has 3 rings (SSSR count). The first-order valence-corrected chi connectivity index (χ1v) is 7.38. The lowest BCUT2D eigenvalue weighted by Crippen LogP contribution is -2.52. The number of carbonyl (C=O) groups excluding carboxylic acids is 1. The molecular weight excluding hydrogens is 270 g/mol. The van der Waals surface area contributed by atoms with Gasteiger partial charge in [-0.05, 0) is 36.5 Å². The molecule has 1 aliphatic carbocycles. The molecule has 0 spiro atoms. The maximum atomic E-state index is 12.5. The molecular formula is C16H19NO4. The molecule has 1 aliphatic heterocycles. The van der Waals surface area contributed by atoms with Crippen LogP contribution < -0.4 is 0 Å². The van der Waals surface area contributed by atoms with Gasteiger partial charge in [0.15, 0.2) is 6.04 Å². The van der Waals surface area contributed by atoms with E-state index in [9.17, 15) is 14.7 Å². The van der Waals surface area contributed by atoms with E-state index in [-0.39, 0.29) is 12.5 Å². The van der Waals surface area contributed by atoms with Crippen molar-refractivity contribution in [2.75, 3.05) is 19.8 Å². The van der Waals surface area contributed by atoms with Crippen molar-refractivity contribution in [2.45, 2.75) is 31.2 Å². The van der Waals surface area contributed by atoms with Crippen LogP contribution in [0.15, 0.2) is 24.3 Å². The highest BCUT2D eigenvalue weighted by molar-refractivity contribution is 5.96. The summed E-state index contributed by atoms with van der Waals surface area (Å²) in [4.78, 5) is 25.1. The number of hydrogen-bond acceptors (Lipinski definition) is 3. The molecule has 1 aromatic carbocycles. The van der Waals surface area contributed by atoms with Crippen molar-refractivity contribution < 1.29 is 19.4 Å². The molecule has 1 atom stereocenters. The molecule has 2 fully saturated rings. The van der Waals surface area contributed by atoms with Crippen LogP contribution in [0.2, 0.25) is 0 Å². The van der Waals surface area contributed by atoms with Gasteiger partial charge < -0.3 is 14.7 Å². The molecule has 112 valence electrons. The van der Waals surface area contributed by atoms with E-state index in [0.717, 1.165) is 0 Å². The van der Waals surface area contributed by atoms with Crippen LogP contribution in [-0.2, 0) is 9.53 Å². The number of rotatable bonds is 3. The summed E-state index contributed by atoms with van der Waals surface area (Å²) in [5, 5.41) is 9.19. The summed E-state index contributed by atoms with van der Waals surface area (Å²) >= 11 is 0. The summed E-state index contributed by atoms with van der Waals surface area (Å²) in [6.07, 6.45) is 3.72. The average Bonchev–Trinajstić information content (AvgIpc) is 2.45. The fourth-order valence-electron chi connectivity index (χ4n) is 2.86. The third-order valence-electron chi connectivity index (χ3n) is 4.41. The predicted octanol–water partition coefficient (Wildman–Crippen LogP) is 1.88. The van der Waals surface area contributed by atoms with Crippen LogP contribution in [0.4, 0.5) is 0 Å². The van der Waals surface area contributed by atoms with Crippen molar-refractivity contribution >= 4 is 11.9 Å². The molecule has 1 N–H and O–H groups in total. The van der Waals surface area contributed by atoms with Crippen LogP contribution >= 0.6 is 0 Å². The van der Waals surface area contributed by atoms with Crippen molar-refractivity contribution in [3.63, 3.8) is 0 Å². The standard InChI is InChI=1S/C16H19NO4/c18-15(17-8-9-21-10-14(17)16(19)20)13-6-4-12(5-7-13)11-2-1-3-11/h4-7,11,14H,1-3,8-10H2,(H,19,20)/t14-/m0/s1. The molecule has 0 radical (unpaired) electrons. The normalized spacial score (nSPS) is 22.7. The molecule has 5 heteroatoms. The van der Waals surface area contributed by atoms with Gasteiger partial charge >= 0.3 is 5.97 Å². The van der Waals surface area contributed by atoms with E-state index in [4.69, 9.17) is 4.74 Å². The Kier molecular flexibility index (Phi) is 3.92. The lowest BCUT2D eigenvalue weighted by Gasteiger charge is -2.33. The van der Waals surface area contributed by atoms with Crippen molar-refractivity contribution in [3.05, 3.63) is 35.4 Å². The fourth-order valence-corrected chi connectivity index (χ4v) is 2.86. The number of carboxylic acids is 1. The Morgan fingerprint density at radius 3 is 2.48 bits per heavy atom. The second-order valence-electron chi connectivity index (χ2n) is 5.68. The van der Waals surface area contributed by atoms with E-state index < -0.39 is 12.0 Å². The summed E-state index contributed by atoms with van der Waals surface area (Å²) in [5.74, 6) is -0.621. The molecule has 5 nitrogen and oxygen atoms in total. The van der Waals surface area contributed by atoms with Gasteiger partial charge in [0.2, 0.25) is 0 Å². The Balaban J connectivity index is 1.75. The number of nitrogens with zero attached hydrogens (tertiary/aromatic N) is 1. The highest BCUT2D eigenvalue weighted by Gasteiger charge is 2.33. The van der Waals surface area contributed by atoms with E-state index >= 15 is 0 Å². The van der Waals surface area contributed by atoms with E-state index in [1.165, 1.54) is 29.7 Å². The quantitative estimate of drug-likeness (QED) is 0.922. The van der Waals surface area contributed by atoms with Crippen molar-refractivity contribution in [1.82, 2.24) is 4.90 Å². The van der Waals surface area contributed by atoms with Gasteiger partial charge in [-0.25, -0.2) is 4.79 Å². The maximum absolute atomic E-state index is 12.5. The average molecular weight is 289 g/mol. The molecule has 1 aromatic rings. The Hall–Kier alpha value is -1.88. The minimum Gasteiger partial charge on any atom is -0.480 e. The number of morpholine rings is 1. The van der Waals surface area contributed by atoms with Crippen LogP contribution in [0, 0.1) is 0 Å². The van der Waals surface area contributed by atoms with Crippen molar-refractivity contribution in [3.8, 4) is 0 Å². The Bertz CT molecular complexity index is 536. The largest absolute Gasteiger partial charge is 0.480 e. The lowest BCUT2D eigenvalue weighted by molar-refractivity contribution is -0.147. The first kappa shape index (κ1) is 14.1. The van der Waals surface area contributed by atoms with Gasteiger partial charge in [0.25, 0.3) is 5.91 Å². The first-order chi connectivity index (χ1) is 10.2. The third kappa shape index (κ3) is 2.78. The second-order valence-corrected chi connectivity index (χ2v) is 5.68. The zero-order valence-electron chi connectivity index (χ0n) is 11.8. The number of benzene rings is 1. The van der Waals surface area contributed by atoms with Crippen molar-refractivity contribution in [1.29, 1.82) is 0 Å². The van der Waals surface area contributed by atoms with Crippen LogP contribution in [-0.4, -0.2) is 47.7 Å². The van der Waals surface area contributed by atoms with Crippen LogP contribution in [0.3, 0.4) is 0 Å². The summed E-state index contributed by atoms with van der Waals surface area (Å²) in [7, 11) is 0. The molecule has 21 heavy (non-hydrogen) atoms. The minimum atomic E-state index is -1.02. The van der Waals surface area contributed by atoms with Crippen LogP contribution in [0.5, 0.6) is 0 Å². The number of amides is 1. The third-order valence-corrected chi connectivity index (χ3v) is 4.41. The maximum Gasteiger partial charge on any atom is 0.328 e. The van der Waals surface area contributed by atoms with Gasteiger partial charge in [-0.1, -0.05) is 18.6 Å². The zero-order valence-corrected chi connectivity index (χ0v) is 11.8. The number of hydrogen-bond donors (Lipinski definition) is 1. The van der Waals surface area contributed by atoms with Crippen LogP contribution in [0.25, 0.3) is 0 Å². The second kappa shape index (κ2) is 5.85.